The molecule has 0 unspecified atom stereocenters. The van der Waals surface area contributed by atoms with E-state index in [1.165, 1.54) is 0 Å². The van der Waals surface area contributed by atoms with Crippen LogP contribution in [0.3, 0.4) is 0 Å². The smallest absolute Gasteiger partial charge is 0.305 e. The molecule has 25 heavy (non-hydrogen) atoms. The first-order valence-electron chi connectivity index (χ1n) is 8.53. The van der Waals surface area contributed by atoms with Crippen LogP contribution in [0.2, 0.25) is 10.0 Å². The maximum Gasteiger partial charge on any atom is 0.305 e. The van der Waals surface area contributed by atoms with Crippen LogP contribution in [0.15, 0.2) is 18.2 Å². The number of amides is 1. The van der Waals surface area contributed by atoms with Gasteiger partial charge in [-0.1, -0.05) is 35.3 Å². The summed E-state index contributed by atoms with van der Waals surface area (Å²) in [6.45, 7) is 1.46. The molecule has 1 aromatic carbocycles. The summed E-state index contributed by atoms with van der Waals surface area (Å²) in [7, 11) is 0. The van der Waals surface area contributed by atoms with Crippen LogP contribution in [-0.2, 0) is 14.3 Å². The van der Waals surface area contributed by atoms with Crippen LogP contribution < -0.4 is 0 Å². The van der Waals surface area contributed by atoms with E-state index < -0.39 is 5.97 Å². The van der Waals surface area contributed by atoms with Crippen LogP contribution in [0.4, 0.5) is 0 Å². The Balaban J connectivity index is 1.72. The van der Waals surface area contributed by atoms with Crippen molar-refractivity contribution >= 4 is 35.1 Å². The molecule has 0 aromatic heterocycles. The second kappa shape index (κ2) is 7.94. The van der Waals surface area contributed by atoms with Gasteiger partial charge in [-0.05, 0) is 36.8 Å². The van der Waals surface area contributed by atoms with Crippen molar-refractivity contribution in [1.82, 2.24) is 4.90 Å². The van der Waals surface area contributed by atoms with Gasteiger partial charge >= 0.3 is 5.97 Å². The van der Waals surface area contributed by atoms with Crippen molar-refractivity contribution in [1.29, 1.82) is 0 Å². The molecule has 136 valence electrons. The van der Waals surface area contributed by atoms with Crippen LogP contribution in [-0.4, -0.2) is 47.7 Å². The maximum absolute atomic E-state index is 13.0. The summed E-state index contributed by atoms with van der Waals surface area (Å²) in [4.78, 5) is 25.7. The molecule has 1 saturated heterocycles. The lowest BCUT2D eigenvalue weighted by atomic mass is 10.0. The van der Waals surface area contributed by atoms with E-state index in [0.717, 1.165) is 24.8 Å². The molecule has 0 spiro atoms. The van der Waals surface area contributed by atoms with Gasteiger partial charge < -0.3 is 14.7 Å². The zero-order valence-corrected chi connectivity index (χ0v) is 15.3. The van der Waals surface area contributed by atoms with Crippen molar-refractivity contribution in [2.45, 2.75) is 37.6 Å². The minimum atomic E-state index is -0.893. The quantitative estimate of drug-likeness (QED) is 0.812. The van der Waals surface area contributed by atoms with E-state index in [1.807, 2.05) is 12.1 Å². The number of halogens is 2. The highest BCUT2D eigenvalue weighted by molar-refractivity contribution is 6.42. The Labute approximate surface area is 156 Å². The molecular weight excluding hydrogens is 365 g/mol. The van der Waals surface area contributed by atoms with E-state index in [4.69, 9.17) is 33.0 Å². The van der Waals surface area contributed by atoms with Crippen LogP contribution in [0, 0.1) is 5.92 Å². The topological polar surface area (TPSA) is 66.8 Å². The molecule has 1 aromatic rings. The molecule has 2 aliphatic rings. The third kappa shape index (κ3) is 4.27. The van der Waals surface area contributed by atoms with Crippen LogP contribution >= 0.6 is 23.2 Å². The second-order valence-electron chi connectivity index (χ2n) is 6.61. The van der Waals surface area contributed by atoms with Crippen molar-refractivity contribution in [3.8, 4) is 0 Å². The number of aliphatic carboxylic acids is 1. The van der Waals surface area contributed by atoms with E-state index in [-0.39, 0.29) is 36.8 Å². The lowest BCUT2D eigenvalue weighted by Gasteiger charge is -2.34. The summed E-state index contributed by atoms with van der Waals surface area (Å²) in [5.74, 6) is -0.956. The van der Waals surface area contributed by atoms with Gasteiger partial charge in [-0.2, -0.15) is 0 Å². The van der Waals surface area contributed by atoms with Gasteiger partial charge in [-0.15, -0.1) is 0 Å². The first kappa shape index (κ1) is 18.5. The maximum atomic E-state index is 13.0. The van der Waals surface area contributed by atoms with Gasteiger partial charge in [-0.25, -0.2) is 0 Å². The minimum absolute atomic E-state index is 0.0224. The van der Waals surface area contributed by atoms with E-state index >= 15 is 0 Å². The zero-order chi connectivity index (χ0) is 18.0. The number of carboxylic acids is 1. The number of hydrogen-bond acceptors (Lipinski definition) is 3. The van der Waals surface area contributed by atoms with Gasteiger partial charge in [-0.3, -0.25) is 9.59 Å². The lowest BCUT2D eigenvalue weighted by molar-refractivity contribution is -0.141. The Bertz CT molecular complexity index is 660. The Morgan fingerprint density at radius 1 is 1.24 bits per heavy atom. The molecule has 5 nitrogen and oxygen atoms in total. The SMILES string of the molecule is O=C(O)CCN(C(=O)[C@@H]1C[C@@H]1c1cccc(Cl)c1Cl)C1CCOCC1. The zero-order valence-electron chi connectivity index (χ0n) is 13.8. The third-order valence-electron chi connectivity index (χ3n) is 4.97. The standard InChI is InChI=1S/C18H21Cl2NO4/c19-15-3-1-2-12(17(15)20)13-10-14(13)18(24)21(7-4-16(22)23)11-5-8-25-9-6-11/h1-3,11,13-14H,4-10H2,(H,22,23)/t13-,14-/m1/s1. The summed E-state index contributed by atoms with van der Waals surface area (Å²) in [6, 6.07) is 5.52. The Hall–Kier alpha value is -1.30. The van der Waals surface area contributed by atoms with E-state index in [2.05, 4.69) is 0 Å². The van der Waals surface area contributed by atoms with Crippen LogP contribution in [0.1, 0.15) is 37.2 Å². The fourth-order valence-electron chi connectivity index (χ4n) is 3.52. The molecule has 7 heteroatoms. The Kier molecular flexibility index (Phi) is 5.87. The molecule has 3 rings (SSSR count). The highest BCUT2D eigenvalue weighted by Gasteiger charge is 2.47. The van der Waals surface area contributed by atoms with Crippen LogP contribution in [0.25, 0.3) is 0 Å². The normalized spacial score (nSPS) is 23.3. The predicted octanol–water partition coefficient (Wildman–Crippen LogP) is 3.58. The van der Waals surface area contributed by atoms with Gasteiger partial charge in [0, 0.05) is 31.7 Å². The van der Waals surface area contributed by atoms with Crippen molar-refractivity contribution in [3.63, 3.8) is 0 Å². The lowest BCUT2D eigenvalue weighted by Crippen LogP contribution is -2.45. The summed E-state index contributed by atoms with van der Waals surface area (Å²) in [6.07, 6.45) is 2.19. The fourth-order valence-corrected chi connectivity index (χ4v) is 3.97. The number of hydrogen-bond donors (Lipinski definition) is 1. The first-order chi connectivity index (χ1) is 12.0. The number of carbonyl (C=O) groups is 2. The van der Waals surface area contributed by atoms with Crippen molar-refractivity contribution < 1.29 is 19.4 Å². The van der Waals surface area contributed by atoms with Crippen molar-refractivity contribution in [2.24, 2.45) is 5.92 Å². The van der Waals surface area contributed by atoms with Gasteiger partial charge in [0.25, 0.3) is 0 Å². The van der Waals surface area contributed by atoms with Gasteiger partial charge in [0.15, 0.2) is 0 Å². The average molecular weight is 386 g/mol. The molecule has 1 heterocycles. The summed E-state index contributed by atoms with van der Waals surface area (Å²) < 4.78 is 5.36. The van der Waals surface area contributed by atoms with Crippen molar-refractivity contribution in [3.05, 3.63) is 33.8 Å². The molecule has 2 fully saturated rings. The van der Waals surface area contributed by atoms with Crippen LogP contribution in [0.5, 0.6) is 0 Å². The first-order valence-corrected chi connectivity index (χ1v) is 9.28. The van der Waals surface area contributed by atoms with Crippen molar-refractivity contribution in [2.75, 3.05) is 19.8 Å². The van der Waals surface area contributed by atoms with E-state index in [0.29, 0.717) is 23.3 Å². The van der Waals surface area contributed by atoms with E-state index in [9.17, 15) is 9.59 Å². The van der Waals surface area contributed by atoms with E-state index in [1.54, 1.807) is 11.0 Å². The largest absolute Gasteiger partial charge is 0.481 e. The minimum Gasteiger partial charge on any atom is -0.481 e. The number of ether oxygens (including phenoxy) is 1. The number of carbonyl (C=O) groups excluding carboxylic acids is 1. The Morgan fingerprint density at radius 3 is 2.64 bits per heavy atom. The average Bonchev–Trinajstić information content (AvgIpc) is 3.38. The summed E-state index contributed by atoms with van der Waals surface area (Å²) >= 11 is 12.4. The number of nitrogens with zero attached hydrogens (tertiary/aromatic N) is 1. The molecule has 1 amide bonds. The van der Waals surface area contributed by atoms with Gasteiger partial charge in [0.05, 0.1) is 16.5 Å². The highest BCUT2D eigenvalue weighted by Crippen LogP contribution is 2.51. The third-order valence-corrected chi connectivity index (χ3v) is 5.80. The number of rotatable bonds is 6. The molecule has 1 saturated carbocycles. The molecule has 1 N–H and O–H groups in total. The second-order valence-corrected chi connectivity index (χ2v) is 7.40. The molecule has 2 atom stereocenters. The molecule has 1 aliphatic heterocycles. The molecule has 0 radical (unpaired) electrons. The molecule has 0 bridgehead atoms. The summed E-state index contributed by atoms with van der Waals surface area (Å²) in [5, 5.41) is 10.00. The monoisotopic (exact) mass is 385 g/mol. The fraction of sp³-hybridized carbons (Fsp3) is 0.556. The number of carboxylic acid groups (broad SMARTS) is 1. The molecular formula is C18H21Cl2NO4. The van der Waals surface area contributed by atoms with Gasteiger partial charge in [0.1, 0.15) is 0 Å². The summed E-state index contributed by atoms with van der Waals surface area (Å²) in [5.41, 5.74) is 0.901. The van der Waals surface area contributed by atoms with Gasteiger partial charge in [0.2, 0.25) is 5.91 Å². The molecule has 1 aliphatic carbocycles. The Morgan fingerprint density at radius 2 is 1.96 bits per heavy atom. The predicted molar refractivity (Wildman–Crippen MR) is 95.1 cm³/mol. The number of benzene rings is 1. The highest BCUT2D eigenvalue weighted by atomic mass is 35.5.